The van der Waals surface area contributed by atoms with E-state index in [0.29, 0.717) is 43.0 Å². The van der Waals surface area contributed by atoms with Crippen molar-refractivity contribution in [3.63, 3.8) is 0 Å². The van der Waals surface area contributed by atoms with Crippen LogP contribution < -0.4 is 19.7 Å². The van der Waals surface area contributed by atoms with Gasteiger partial charge >= 0.3 is 0 Å². The molecule has 10 rings (SSSR count). The SMILES string of the molecule is O=C1CCC(N2Cc3cc(N4CCC(N5CC(CCOc6ccc([C@@H]7c8ccc(OCc9ccccc9)cc8CC[C@@H]7c7ccccc7)cc6)C5)CC4)ccc3C2=O)C(=O)N1. The number of carbonyl (C=O) groups excluding carboxylic acids is 3. The van der Waals surface area contributed by atoms with Crippen LogP contribution >= 0.6 is 0 Å². The van der Waals surface area contributed by atoms with Gasteiger partial charge < -0.3 is 19.3 Å². The molecule has 5 aromatic rings. The van der Waals surface area contributed by atoms with Crippen LogP contribution in [0.4, 0.5) is 5.69 Å². The van der Waals surface area contributed by atoms with E-state index in [1.807, 2.05) is 18.2 Å². The fraction of sp³-hybridized carbons (Fsp3) is 0.365. The molecule has 3 saturated heterocycles. The fourth-order valence-corrected chi connectivity index (χ4v) is 10.6. The Hall–Kier alpha value is -5.93. The molecule has 9 heteroatoms. The molecular weight excluding hydrogens is 761 g/mol. The second-order valence-corrected chi connectivity index (χ2v) is 17.7. The Kier molecular flexibility index (Phi) is 11.1. The summed E-state index contributed by atoms with van der Waals surface area (Å²) in [7, 11) is 0. The number of hydrogen-bond acceptors (Lipinski definition) is 7. The molecule has 61 heavy (non-hydrogen) atoms. The van der Waals surface area contributed by atoms with E-state index in [-0.39, 0.29) is 30.1 Å². The lowest BCUT2D eigenvalue weighted by Gasteiger charge is -2.47. The average Bonchev–Trinajstić information content (AvgIpc) is 3.61. The van der Waals surface area contributed by atoms with Crippen LogP contribution in [0, 0.1) is 5.92 Å². The zero-order chi connectivity index (χ0) is 41.3. The van der Waals surface area contributed by atoms with E-state index in [2.05, 4.69) is 118 Å². The normalized spacial score (nSPS) is 22.0. The number of nitrogens with one attached hydrogen (secondary N) is 1. The van der Waals surface area contributed by atoms with Gasteiger partial charge in [-0.05, 0) is 126 Å². The van der Waals surface area contributed by atoms with Crippen LogP contribution in [-0.4, -0.2) is 72.4 Å². The summed E-state index contributed by atoms with van der Waals surface area (Å²) in [5, 5.41) is 2.39. The topological polar surface area (TPSA) is 91.4 Å². The maximum absolute atomic E-state index is 13.2. The van der Waals surface area contributed by atoms with Gasteiger partial charge in [0.25, 0.3) is 5.91 Å². The van der Waals surface area contributed by atoms with Crippen LogP contribution in [0.5, 0.6) is 11.5 Å². The first-order chi connectivity index (χ1) is 29.9. The Morgan fingerprint density at radius 1 is 0.672 bits per heavy atom. The fourth-order valence-electron chi connectivity index (χ4n) is 10.6. The summed E-state index contributed by atoms with van der Waals surface area (Å²) < 4.78 is 12.6. The van der Waals surface area contributed by atoms with Crippen molar-refractivity contribution in [3.05, 3.63) is 160 Å². The minimum Gasteiger partial charge on any atom is -0.494 e. The first kappa shape index (κ1) is 39.2. The summed E-state index contributed by atoms with van der Waals surface area (Å²) >= 11 is 0. The largest absolute Gasteiger partial charge is 0.494 e. The van der Waals surface area contributed by atoms with E-state index in [9.17, 15) is 14.4 Å². The monoisotopic (exact) mass is 814 g/mol. The number of imide groups is 1. The number of ether oxygens (including phenoxy) is 2. The highest BCUT2D eigenvalue weighted by Gasteiger charge is 2.40. The molecule has 0 aromatic heterocycles. The third-order valence-electron chi connectivity index (χ3n) is 13.9. The molecule has 3 atom stereocenters. The molecule has 3 amide bonds. The molecule has 4 heterocycles. The van der Waals surface area contributed by atoms with Crippen molar-refractivity contribution >= 4 is 23.4 Å². The highest BCUT2D eigenvalue weighted by atomic mass is 16.5. The number of rotatable bonds is 12. The number of anilines is 1. The Balaban J connectivity index is 0.700. The van der Waals surface area contributed by atoms with Crippen LogP contribution in [0.1, 0.15) is 94.1 Å². The Morgan fingerprint density at radius 3 is 2.20 bits per heavy atom. The maximum Gasteiger partial charge on any atom is 0.255 e. The maximum atomic E-state index is 13.2. The predicted molar refractivity (Wildman–Crippen MR) is 236 cm³/mol. The van der Waals surface area contributed by atoms with Gasteiger partial charge in [0.1, 0.15) is 24.1 Å². The number of amides is 3. The van der Waals surface area contributed by atoms with E-state index in [0.717, 1.165) is 87.6 Å². The van der Waals surface area contributed by atoms with Gasteiger partial charge in [-0.2, -0.15) is 0 Å². The van der Waals surface area contributed by atoms with E-state index in [1.165, 1.54) is 27.8 Å². The van der Waals surface area contributed by atoms with Gasteiger partial charge in [0, 0.05) is 62.4 Å². The summed E-state index contributed by atoms with van der Waals surface area (Å²) in [4.78, 5) is 44.0. The number of benzene rings is 5. The van der Waals surface area contributed by atoms with Crippen molar-refractivity contribution in [2.24, 2.45) is 5.92 Å². The lowest BCUT2D eigenvalue weighted by Crippen LogP contribution is -2.55. The quantitative estimate of drug-likeness (QED) is 0.127. The summed E-state index contributed by atoms with van der Waals surface area (Å²) in [6.07, 6.45) is 6.06. The van der Waals surface area contributed by atoms with Crippen molar-refractivity contribution in [1.29, 1.82) is 0 Å². The van der Waals surface area contributed by atoms with E-state index in [4.69, 9.17) is 9.47 Å². The molecule has 3 fully saturated rings. The first-order valence-electron chi connectivity index (χ1n) is 22.3. The zero-order valence-electron chi connectivity index (χ0n) is 34.7. The smallest absolute Gasteiger partial charge is 0.255 e. The molecule has 1 aliphatic carbocycles. The van der Waals surface area contributed by atoms with Crippen LogP contribution in [0.2, 0.25) is 0 Å². The number of aryl methyl sites for hydroxylation is 1. The summed E-state index contributed by atoms with van der Waals surface area (Å²) in [5.41, 5.74) is 9.42. The lowest BCUT2D eigenvalue weighted by atomic mass is 9.69. The molecule has 1 N–H and O–H groups in total. The van der Waals surface area contributed by atoms with Crippen molar-refractivity contribution in [3.8, 4) is 11.5 Å². The minimum atomic E-state index is -0.586. The minimum absolute atomic E-state index is 0.121. The van der Waals surface area contributed by atoms with Crippen molar-refractivity contribution in [1.82, 2.24) is 15.1 Å². The third kappa shape index (κ3) is 8.28. The molecule has 1 unspecified atom stereocenters. The Labute approximate surface area is 358 Å². The summed E-state index contributed by atoms with van der Waals surface area (Å²) in [5.74, 6) is 2.42. The van der Waals surface area contributed by atoms with E-state index < -0.39 is 6.04 Å². The standard InChI is InChI=1S/C52H54N4O5/c57-49-22-21-48(51(58)53-49)56-33-40-29-42(14-19-47(40)52(56)59)54-26-23-41(24-27-54)55-31-36(32-55)25-28-60-43-15-11-38(12-16-43)50-45(37-9-5-2-6-10-37)18-13-39-30-44(17-20-46(39)50)61-34-35-7-3-1-4-8-35/h1-12,14-17,19-20,29-30,36,41,45,48,50H,13,18,21-28,31-34H2,(H,53,57,58)/t45-,48?,50+/m1/s1. The zero-order valence-corrected chi connectivity index (χ0v) is 34.7. The van der Waals surface area contributed by atoms with Gasteiger partial charge in [0.2, 0.25) is 11.8 Å². The highest BCUT2D eigenvalue weighted by Crippen LogP contribution is 2.47. The Bertz CT molecular complexity index is 2370. The number of hydrogen-bond donors (Lipinski definition) is 1. The van der Waals surface area contributed by atoms with Gasteiger partial charge in [0.15, 0.2) is 0 Å². The third-order valence-corrected chi connectivity index (χ3v) is 13.9. The molecule has 9 nitrogen and oxygen atoms in total. The second-order valence-electron chi connectivity index (χ2n) is 17.7. The highest BCUT2D eigenvalue weighted by molar-refractivity contribution is 6.05. The van der Waals surface area contributed by atoms with Gasteiger partial charge in [-0.1, -0.05) is 78.9 Å². The first-order valence-corrected chi connectivity index (χ1v) is 22.3. The molecule has 0 bridgehead atoms. The lowest BCUT2D eigenvalue weighted by molar-refractivity contribution is -0.136. The number of nitrogens with zero attached hydrogens (tertiary/aromatic N) is 3. The molecule has 0 spiro atoms. The number of fused-ring (bicyclic) bond motifs is 2. The van der Waals surface area contributed by atoms with E-state index >= 15 is 0 Å². The van der Waals surface area contributed by atoms with Crippen molar-refractivity contribution in [2.45, 2.75) is 82.0 Å². The molecule has 4 aliphatic heterocycles. The molecule has 0 saturated carbocycles. The van der Waals surface area contributed by atoms with Crippen LogP contribution in [-0.2, 0) is 29.2 Å². The van der Waals surface area contributed by atoms with Crippen LogP contribution in [0.3, 0.4) is 0 Å². The number of piperidine rings is 2. The van der Waals surface area contributed by atoms with E-state index in [1.54, 1.807) is 4.90 Å². The summed E-state index contributed by atoms with van der Waals surface area (Å²) in [6.45, 7) is 5.93. The average molecular weight is 815 g/mol. The molecule has 0 radical (unpaired) electrons. The summed E-state index contributed by atoms with van der Waals surface area (Å²) in [6, 6.07) is 43.0. The van der Waals surface area contributed by atoms with Gasteiger partial charge in [0.05, 0.1) is 6.61 Å². The van der Waals surface area contributed by atoms with Gasteiger partial charge in [-0.3, -0.25) is 24.6 Å². The van der Waals surface area contributed by atoms with Crippen LogP contribution in [0.25, 0.3) is 0 Å². The Morgan fingerprint density at radius 2 is 1.43 bits per heavy atom. The van der Waals surface area contributed by atoms with Crippen molar-refractivity contribution < 1.29 is 23.9 Å². The molecular formula is C52H54N4O5. The number of likely N-dealkylation sites (tertiary alicyclic amines) is 1. The second kappa shape index (κ2) is 17.2. The van der Waals surface area contributed by atoms with Gasteiger partial charge in [-0.25, -0.2) is 0 Å². The molecule has 312 valence electrons. The molecule has 5 aromatic carbocycles. The van der Waals surface area contributed by atoms with Gasteiger partial charge in [-0.15, -0.1) is 0 Å². The predicted octanol–water partition coefficient (Wildman–Crippen LogP) is 8.26. The molecule has 5 aliphatic rings. The van der Waals surface area contributed by atoms with Crippen LogP contribution in [0.15, 0.2) is 121 Å². The van der Waals surface area contributed by atoms with Crippen molar-refractivity contribution in [2.75, 3.05) is 37.7 Å². The number of carbonyl (C=O) groups is 3.